The third-order valence-corrected chi connectivity index (χ3v) is 7.14. The van der Waals surface area contributed by atoms with Gasteiger partial charge in [0.1, 0.15) is 10.6 Å². The first-order valence-electron chi connectivity index (χ1n) is 9.45. The van der Waals surface area contributed by atoms with Crippen molar-refractivity contribution in [3.05, 3.63) is 69.7 Å². The first-order chi connectivity index (χ1) is 14.8. The number of halogens is 1. The van der Waals surface area contributed by atoms with Crippen LogP contribution in [0.25, 0.3) is 0 Å². The number of hydrogen-bond acceptors (Lipinski definition) is 7. The van der Waals surface area contributed by atoms with Crippen molar-refractivity contribution in [2.75, 3.05) is 25.5 Å². The number of carbonyl (C=O) groups excluding carboxylic acids is 1. The van der Waals surface area contributed by atoms with Crippen LogP contribution >= 0.6 is 22.9 Å². The highest BCUT2D eigenvalue weighted by Gasteiger charge is 2.19. The van der Waals surface area contributed by atoms with E-state index in [9.17, 15) is 13.2 Å². The number of rotatable bonds is 10. The molecule has 10 heteroatoms. The summed E-state index contributed by atoms with van der Waals surface area (Å²) >= 11 is 7.31. The van der Waals surface area contributed by atoms with E-state index >= 15 is 0 Å². The Labute approximate surface area is 190 Å². The number of aryl methyl sites for hydroxylation is 1. The molecule has 0 unspecified atom stereocenters. The lowest BCUT2D eigenvalue weighted by molar-refractivity contribution is 0.104. The highest BCUT2D eigenvalue weighted by atomic mass is 35.5. The number of benzene rings is 2. The normalized spacial score (nSPS) is 11.3. The summed E-state index contributed by atoms with van der Waals surface area (Å²) in [7, 11) is -2.25. The fourth-order valence-electron chi connectivity index (χ4n) is 2.80. The third-order valence-electron chi connectivity index (χ3n) is 4.38. The van der Waals surface area contributed by atoms with Gasteiger partial charge in [-0.25, -0.2) is 18.1 Å². The molecule has 2 aromatic carbocycles. The second-order valence-electron chi connectivity index (χ2n) is 6.67. The van der Waals surface area contributed by atoms with E-state index in [2.05, 4.69) is 15.0 Å². The maximum atomic E-state index is 12.6. The largest absolute Gasteiger partial charge is 0.495 e. The smallest absolute Gasteiger partial charge is 0.244 e. The van der Waals surface area contributed by atoms with Gasteiger partial charge in [0.15, 0.2) is 5.13 Å². The van der Waals surface area contributed by atoms with Crippen molar-refractivity contribution in [2.45, 2.75) is 18.2 Å². The number of nitrogens with zero attached hydrogens (tertiary/aromatic N) is 1. The number of methoxy groups -OCH3 is 1. The van der Waals surface area contributed by atoms with Crippen molar-refractivity contribution >= 4 is 43.9 Å². The highest BCUT2D eigenvalue weighted by molar-refractivity contribution is 7.89. The molecular formula is C21H22ClN3O4S2. The number of anilines is 1. The fourth-order valence-corrected chi connectivity index (χ4v) is 5.14. The van der Waals surface area contributed by atoms with Crippen LogP contribution in [0.3, 0.4) is 0 Å². The van der Waals surface area contributed by atoms with Crippen LogP contribution in [0, 0.1) is 6.92 Å². The number of hydrogen-bond donors (Lipinski definition) is 2. The molecular weight excluding hydrogens is 458 g/mol. The van der Waals surface area contributed by atoms with Gasteiger partial charge in [0.05, 0.1) is 23.2 Å². The fraction of sp³-hybridized carbons (Fsp3) is 0.238. The number of sulfonamides is 1. The van der Waals surface area contributed by atoms with Gasteiger partial charge in [-0.15, -0.1) is 0 Å². The van der Waals surface area contributed by atoms with Gasteiger partial charge in [-0.1, -0.05) is 41.1 Å². The predicted molar refractivity (Wildman–Crippen MR) is 123 cm³/mol. The minimum atomic E-state index is -3.69. The molecule has 0 saturated heterocycles. The van der Waals surface area contributed by atoms with Crippen molar-refractivity contribution in [3.63, 3.8) is 0 Å². The Morgan fingerprint density at radius 3 is 2.71 bits per heavy atom. The average Bonchev–Trinajstić information content (AvgIpc) is 3.22. The number of carbonyl (C=O) groups is 1. The molecule has 0 spiro atoms. The summed E-state index contributed by atoms with van der Waals surface area (Å²) in [5, 5.41) is 4.08. The molecule has 164 valence electrons. The van der Waals surface area contributed by atoms with Gasteiger partial charge in [-0.05, 0) is 43.2 Å². The Kier molecular flexibility index (Phi) is 7.66. The van der Waals surface area contributed by atoms with Crippen LogP contribution in [0.15, 0.2) is 53.6 Å². The molecule has 0 aliphatic carbocycles. The van der Waals surface area contributed by atoms with E-state index in [0.29, 0.717) is 39.3 Å². The molecule has 0 atom stereocenters. The molecule has 7 nitrogen and oxygen atoms in total. The lowest BCUT2D eigenvalue weighted by Gasteiger charge is -2.11. The van der Waals surface area contributed by atoms with Crippen molar-refractivity contribution in [1.82, 2.24) is 9.71 Å². The number of thiazole rings is 1. The van der Waals surface area contributed by atoms with E-state index in [1.54, 1.807) is 42.5 Å². The van der Waals surface area contributed by atoms with E-state index in [1.165, 1.54) is 24.6 Å². The van der Waals surface area contributed by atoms with Gasteiger partial charge in [-0.2, -0.15) is 0 Å². The predicted octanol–water partition coefficient (Wildman–Crippen LogP) is 4.13. The van der Waals surface area contributed by atoms with E-state index in [1.807, 2.05) is 6.92 Å². The summed E-state index contributed by atoms with van der Waals surface area (Å²) in [4.78, 5) is 17.3. The van der Waals surface area contributed by atoms with Crippen LogP contribution < -0.4 is 14.8 Å². The maximum absolute atomic E-state index is 12.6. The van der Waals surface area contributed by atoms with Gasteiger partial charge in [0.2, 0.25) is 15.8 Å². The quantitative estimate of drug-likeness (QED) is 0.335. The number of aromatic nitrogens is 1. The summed E-state index contributed by atoms with van der Waals surface area (Å²) in [5.74, 6) is 0.116. The molecule has 2 N–H and O–H groups in total. The first kappa shape index (κ1) is 23.2. The summed E-state index contributed by atoms with van der Waals surface area (Å²) in [6, 6.07) is 11.9. The topological polar surface area (TPSA) is 97.4 Å². The van der Waals surface area contributed by atoms with Gasteiger partial charge < -0.3 is 10.1 Å². The van der Waals surface area contributed by atoms with E-state index in [0.717, 1.165) is 5.56 Å². The van der Waals surface area contributed by atoms with Gasteiger partial charge in [-0.3, -0.25) is 4.79 Å². The number of ether oxygens (including phenoxy) is 1. The summed E-state index contributed by atoms with van der Waals surface area (Å²) in [6.45, 7) is 2.55. The molecule has 3 aromatic rings. The Balaban J connectivity index is 1.51. The molecule has 0 bridgehead atoms. The minimum Gasteiger partial charge on any atom is -0.495 e. The monoisotopic (exact) mass is 479 g/mol. The van der Waals surface area contributed by atoms with Gasteiger partial charge in [0.25, 0.3) is 0 Å². The Morgan fingerprint density at radius 2 is 1.97 bits per heavy atom. The second-order valence-corrected chi connectivity index (χ2v) is 9.84. The van der Waals surface area contributed by atoms with Crippen molar-refractivity contribution in [3.8, 4) is 5.75 Å². The molecule has 0 amide bonds. The third kappa shape index (κ3) is 5.82. The molecule has 1 aromatic heterocycles. The summed E-state index contributed by atoms with van der Waals surface area (Å²) < 4.78 is 32.9. The Bertz CT molecular complexity index is 1180. The molecule has 0 radical (unpaired) electrons. The van der Waals surface area contributed by atoms with Crippen LogP contribution in [0.5, 0.6) is 5.75 Å². The van der Waals surface area contributed by atoms with Crippen LogP contribution in [0.2, 0.25) is 5.02 Å². The summed E-state index contributed by atoms with van der Waals surface area (Å²) in [5.41, 5.74) is 1.26. The lowest BCUT2D eigenvalue weighted by Crippen LogP contribution is -2.26. The lowest BCUT2D eigenvalue weighted by atomic mass is 10.1. The van der Waals surface area contributed by atoms with Crippen LogP contribution in [-0.4, -0.2) is 39.4 Å². The van der Waals surface area contributed by atoms with E-state index in [-0.39, 0.29) is 17.2 Å². The minimum absolute atomic E-state index is 0.116. The van der Waals surface area contributed by atoms with Crippen molar-refractivity contribution < 1.29 is 17.9 Å². The molecule has 0 saturated carbocycles. The summed E-state index contributed by atoms with van der Waals surface area (Å²) in [6.07, 6.45) is 2.03. The Hall–Kier alpha value is -2.46. The number of nitrogens with one attached hydrogen (secondary N) is 2. The van der Waals surface area contributed by atoms with Crippen molar-refractivity contribution in [2.24, 2.45) is 0 Å². The zero-order chi connectivity index (χ0) is 22.4. The van der Waals surface area contributed by atoms with Crippen molar-refractivity contribution in [1.29, 1.82) is 0 Å². The van der Waals surface area contributed by atoms with E-state index in [4.69, 9.17) is 16.3 Å². The molecule has 0 aliphatic rings. The van der Waals surface area contributed by atoms with Crippen LogP contribution in [-0.2, 0) is 10.0 Å². The highest BCUT2D eigenvalue weighted by Crippen LogP contribution is 2.25. The zero-order valence-corrected chi connectivity index (χ0v) is 19.4. The SMILES string of the molecule is COc1ccc(C)cc1S(=O)(=O)NCCCNc1ncc(C(=O)c2ccccc2Cl)s1. The first-order valence-corrected chi connectivity index (χ1v) is 12.1. The average molecular weight is 480 g/mol. The molecule has 0 fully saturated rings. The molecule has 1 heterocycles. The zero-order valence-electron chi connectivity index (χ0n) is 17.0. The molecule has 0 aliphatic heterocycles. The molecule has 3 rings (SSSR count). The second kappa shape index (κ2) is 10.2. The van der Waals surface area contributed by atoms with Gasteiger partial charge in [0, 0.05) is 18.7 Å². The van der Waals surface area contributed by atoms with Crippen LogP contribution in [0.1, 0.15) is 27.2 Å². The number of ketones is 1. The maximum Gasteiger partial charge on any atom is 0.244 e. The Morgan fingerprint density at radius 1 is 1.19 bits per heavy atom. The van der Waals surface area contributed by atoms with E-state index < -0.39 is 10.0 Å². The molecule has 31 heavy (non-hydrogen) atoms. The standard InChI is InChI=1S/C21H22ClN3O4S2/c1-14-8-9-17(29-2)19(12-14)31(27,28)25-11-5-10-23-21-24-13-18(30-21)20(26)15-6-3-4-7-16(15)22/h3-4,6-9,12-13,25H,5,10-11H2,1-2H3,(H,23,24). The van der Waals surface area contributed by atoms with Gasteiger partial charge >= 0.3 is 0 Å². The van der Waals surface area contributed by atoms with Crippen LogP contribution in [0.4, 0.5) is 5.13 Å².